The first-order chi connectivity index (χ1) is 15.7. The number of carbonyl (C=O) groups excluding carboxylic acids is 1. The lowest BCUT2D eigenvalue weighted by Gasteiger charge is -2.22. The molecular weight excluding hydrogens is 480 g/mol. The first-order valence-corrected chi connectivity index (χ1v) is 13.0. The number of methoxy groups -OCH3 is 1. The van der Waals surface area contributed by atoms with Gasteiger partial charge in [0.25, 0.3) is 5.91 Å². The molecule has 4 aromatic rings. The number of thiophene rings is 1. The first-order valence-electron chi connectivity index (χ1n) is 9.94. The number of sulfonamides is 1. The lowest BCUT2D eigenvalue weighted by molar-refractivity contribution is 0.103. The molecule has 0 bridgehead atoms. The Hall–Kier alpha value is -3.07. The summed E-state index contributed by atoms with van der Waals surface area (Å²) in [4.78, 5) is 13.3. The zero-order chi connectivity index (χ0) is 23.6. The van der Waals surface area contributed by atoms with E-state index in [1.54, 1.807) is 73.8 Å². The summed E-state index contributed by atoms with van der Waals surface area (Å²) < 4.78 is 32.4. The van der Waals surface area contributed by atoms with Crippen molar-refractivity contribution in [2.75, 3.05) is 23.0 Å². The van der Waals surface area contributed by atoms with Crippen LogP contribution in [0.3, 0.4) is 0 Å². The van der Waals surface area contributed by atoms with Crippen molar-refractivity contribution in [2.45, 2.75) is 6.54 Å². The van der Waals surface area contributed by atoms with Gasteiger partial charge in [-0.15, -0.1) is 11.3 Å². The molecule has 0 unspecified atom stereocenters. The number of fused-ring (bicyclic) bond motifs is 1. The van der Waals surface area contributed by atoms with Crippen LogP contribution in [0.25, 0.3) is 10.1 Å². The summed E-state index contributed by atoms with van der Waals surface area (Å²) in [7, 11) is -1.95. The minimum Gasteiger partial charge on any atom is -0.497 e. The number of hydrogen-bond donors (Lipinski definition) is 1. The van der Waals surface area contributed by atoms with Crippen molar-refractivity contribution >= 4 is 60.3 Å². The molecular formula is C24H21ClN2O4S2. The molecule has 6 nitrogen and oxygen atoms in total. The molecule has 0 spiro atoms. The lowest BCUT2D eigenvalue weighted by Crippen LogP contribution is -2.29. The van der Waals surface area contributed by atoms with Crippen molar-refractivity contribution in [3.63, 3.8) is 0 Å². The van der Waals surface area contributed by atoms with Gasteiger partial charge in [-0.05, 0) is 71.6 Å². The van der Waals surface area contributed by atoms with E-state index in [9.17, 15) is 13.2 Å². The summed E-state index contributed by atoms with van der Waals surface area (Å²) in [5.74, 6) is 0.473. The van der Waals surface area contributed by atoms with Crippen molar-refractivity contribution in [3.8, 4) is 5.75 Å². The van der Waals surface area contributed by atoms with Crippen LogP contribution >= 0.6 is 22.9 Å². The third-order valence-electron chi connectivity index (χ3n) is 5.00. The van der Waals surface area contributed by atoms with E-state index in [4.69, 9.17) is 16.3 Å². The highest BCUT2D eigenvalue weighted by Crippen LogP contribution is 2.32. The Labute approximate surface area is 201 Å². The number of halogens is 1. The van der Waals surface area contributed by atoms with Crippen LogP contribution in [0, 0.1) is 0 Å². The fourth-order valence-electron chi connectivity index (χ4n) is 3.32. The Morgan fingerprint density at radius 1 is 1.03 bits per heavy atom. The normalized spacial score (nSPS) is 11.4. The van der Waals surface area contributed by atoms with Gasteiger partial charge in [0.1, 0.15) is 5.75 Å². The van der Waals surface area contributed by atoms with Gasteiger partial charge in [-0.2, -0.15) is 0 Å². The maximum Gasteiger partial charge on any atom is 0.265 e. The van der Waals surface area contributed by atoms with E-state index in [-0.39, 0.29) is 12.5 Å². The highest BCUT2D eigenvalue weighted by molar-refractivity contribution is 7.92. The van der Waals surface area contributed by atoms with Crippen LogP contribution in [0.15, 0.2) is 72.8 Å². The molecule has 1 N–H and O–H groups in total. The second kappa shape index (κ2) is 9.43. The molecule has 0 aliphatic heterocycles. The monoisotopic (exact) mass is 500 g/mol. The molecule has 4 rings (SSSR count). The zero-order valence-electron chi connectivity index (χ0n) is 17.9. The van der Waals surface area contributed by atoms with Crippen molar-refractivity contribution in [1.82, 2.24) is 0 Å². The molecule has 0 atom stereocenters. The Kier molecular flexibility index (Phi) is 6.60. The molecule has 0 saturated carbocycles. The number of rotatable bonds is 7. The van der Waals surface area contributed by atoms with Crippen molar-refractivity contribution < 1.29 is 17.9 Å². The van der Waals surface area contributed by atoms with Gasteiger partial charge in [-0.25, -0.2) is 8.42 Å². The SMILES string of the molecule is COc1ccc(NC(=O)c2cc3cc(N(Cc4ccc(Cl)cc4)S(C)(=O)=O)ccc3s2)cc1. The number of amides is 1. The van der Waals surface area contributed by atoms with E-state index in [1.165, 1.54) is 21.9 Å². The van der Waals surface area contributed by atoms with Crippen LogP contribution in [0.1, 0.15) is 15.2 Å². The standard InChI is InChI=1S/C24H21ClN2O4S2/c1-31-21-10-7-19(8-11-21)26-24(28)23-14-17-13-20(9-12-22(17)32-23)27(33(2,29)30)15-16-3-5-18(25)6-4-16/h3-14H,15H2,1-2H3,(H,26,28). The Morgan fingerprint density at radius 2 is 1.73 bits per heavy atom. The molecule has 1 heterocycles. The average Bonchev–Trinajstić information content (AvgIpc) is 3.22. The highest BCUT2D eigenvalue weighted by atomic mass is 35.5. The molecule has 9 heteroatoms. The molecule has 0 aliphatic carbocycles. The molecule has 1 aromatic heterocycles. The van der Waals surface area contributed by atoms with E-state index in [0.29, 0.717) is 27.0 Å². The minimum atomic E-state index is -3.54. The van der Waals surface area contributed by atoms with Gasteiger partial charge in [0, 0.05) is 15.4 Å². The summed E-state index contributed by atoms with van der Waals surface area (Å²) in [5.41, 5.74) is 2.00. The van der Waals surface area contributed by atoms with Crippen LogP contribution in [-0.2, 0) is 16.6 Å². The predicted molar refractivity (Wildman–Crippen MR) is 135 cm³/mol. The minimum absolute atomic E-state index is 0.177. The van der Waals surface area contributed by atoms with Crippen molar-refractivity contribution in [1.29, 1.82) is 0 Å². The largest absolute Gasteiger partial charge is 0.497 e. The number of nitrogens with zero attached hydrogens (tertiary/aromatic N) is 1. The third-order valence-corrected chi connectivity index (χ3v) is 7.51. The summed E-state index contributed by atoms with van der Waals surface area (Å²) >= 11 is 7.29. The van der Waals surface area contributed by atoms with Crippen LogP contribution in [0.5, 0.6) is 5.75 Å². The molecule has 0 saturated heterocycles. The molecule has 0 fully saturated rings. The van der Waals surface area contributed by atoms with Crippen LogP contribution < -0.4 is 14.4 Å². The second-order valence-corrected chi connectivity index (χ2v) is 10.8. The molecule has 1 amide bonds. The summed E-state index contributed by atoms with van der Waals surface area (Å²) in [6, 6.07) is 21.3. The van der Waals surface area contributed by atoms with E-state index in [1.807, 2.05) is 6.07 Å². The number of nitrogens with one attached hydrogen (secondary N) is 1. The van der Waals surface area contributed by atoms with E-state index in [2.05, 4.69) is 5.32 Å². The predicted octanol–water partition coefficient (Wildman–Crippen LogP) is 5.78. The van der Waals surface area contributed by atoms with Gasteiger partial charge >= 0.3 is 0 Å². The number of benzene rings is 3. The molecule has 3 aromatic carbocycles. The maximum atomic E-state index is 12.7. The summed E-state index contributed by atoms with van der Waals surface area (Å²) in [6.07, 6.45) is 1.18. The molecule has 0 radical (unpaired) electrons. The van der Waals surface area contributed by atoms with Crippen LogP contribution in [-0.4, -0.2) is 27.7 Å². The summed E-state index contributed by atoms with van der Waals surface area (Å²) in [6.45, 7) is 0.177. The Bertz CT molecular complexity index is 1400. The van der Waals surface area contributed by atoms with Crippen molar-refractivity contribution in [3.05, 3.63) is 88.3 Å². The average molecular weight is 501 g/mol. The van der Waals surface area contributed by atoms with Gasteiger partial charge in [-0.3, -0.25) is 9.10 Å². The maximum absolute atomic E-state index is 12.7. The number of ether oxygens (including phenoxy) is 1. The van der Waals surface area contributed by atoms with E-state index in [0.717, 1.165) is 15.6 Å². The summed E-state index contributed by atoms with van der Waals surface area (Å²) in [5, 5.41) is 4.25. The molecule has 0 aliphatic rings. The zero-order valence-corrected chi connectivity index (χ0v) is 20.3. The first kappa shape index (κ1) is 23.1. The van der Waals surface area contributed by atoms with Gasteiger partial charge < -0.3 is 10.1 Å². The van der Waals surface area contributed by atoms with E-state index < -0.39 is 10.0 Å². The lowest BCUT2D eigenvalue weighted by atomic mass is 10.2. The molecule has 33 heavy (non-hydrogen) atoms. The van der Waals surface area contributed by atoms with Crippen LogP contribution in [0.4, 0.5) is 11.4 Å². The topological polar surface area (TPSA) is 75.7 Å². The number of hydrogen-bond acceptors (Lipinski definition) is 5. The van der Waals surface area contributed by atoms with Crippen LogP contribution in [0.2, 0.25) is 5.02 Å². The van der Waals surface area contributed by atoms with E-state index >= 15 is 0 Å². The van der Waals surface area contributed by atoms with Gasteiger partial charge in [0.05, 0.1) is 30.5 Å². The fraction of sp³-hybridized carbons (Fsp3) is 0.125. The van der Waals surface area contributed by atoms with Gasteiger partial charge in [-0.1, -0.05) is 23.7 Å². The molecule has 170 valence electrons. The van der Waals surface area contributed by atoms with Gasteiger partial charge in [0.15, 0.2) is 0 Å². The fourth-order valence-corrected chi connectivity index (χ4v) is 5.26. The quantitative estimate of drug-likeness (QED) is 0.349. The number of carbonyl (C=O) groups is 1. The third kappa shape index (κ3) is 5.47. The van der Waals surface area contributed by atoms with Crippen molar-refractivity contribution in [2.24, 2.45) is 0 Å². The van der Waals surface area contributed by atoms with Gasteiger partial charge in [0.2, 0.25) is 10.0 Å². The Morgan fingerprint density at radius 3 is 2.36 bits per heavy atom. The number of anilines is 2. The highest BCUT2D eigenvalue weighted by Gasteiger charge is 2.19. The Balaban J connectivity index is 1.60. The second-order valence-electron chi connectivity index (χ2n) is 7.41. The smallest absolute Gasteiger partial charge is 0.265 e.